The second-order valence-corrected chi connectivity index (χ2v) is 8.48. The van der Waals surface area contributed by atoms with Crippen molar-refractivity contribution in [3.05, 3.63) is 53.2 Å². The summed E-state index contributed by atoms with van der Waals surface area (Å²) in [6.07, 6.45) is 1.78. The molecule has 176 valence electrons. The topological polar surface area (TPSA) is 110 Å². The van der Waals surface area contributed by atoms with Crippen molar-refractivity contribution < 1.29 is 19.1 Å². The number of ether oxygens (including phenoxy) is 2. The van der Waals surface area contributed by atoms with Gasteiger partial charge in [-0.3, -0.25) is 9.69 Å². The van der Waals surface area contributed by atoms with E-state index in [-0.39, 0.29) is 11.9 Å². The van der Waals surface area contributed by atoms with E-state index < -0.39 is 6.03 Å². The molecule has 2 fully saturated rings. The van der Waals surface area contributed by atoms with Crippen LogP contribution in [-0.2, 0) is 11.3 Å². The molecule has 2 aromatic rings. The van der Waals surface area contributed by atoms with Gasteiger partial charge in [-0.25, -0.2) is 9.78 Å². The van der Waals surface area contributed by atoms with Crippen molar-refractivity contribution in [3.63, 3.8) is 0 Å². The average Bonchev–Trinajstić information content (AvgIpc) is 2.82. The fourth-order valence-corrected chi connectivity index (χ4v) is 4.20. The summed E-state index contributed by atoms with van der Waals surface area (Å²) >= 11 is 0. The molecular weight excluding hydrogens is 422 g/mol. The van der Waals surface area contributed by atoms with Crippen molar-refractivity contribution in [1.29, 1.82) is 0 Å². The number of amides is 3. The summed E-state index contributed by atoms with van der Waals surface area (Å²) in [5.74, 6) is 1.17. The molecule has 0 aliphatic carbocycles. The van der Waals surface area contributed by atoms with Gasteiger partial charge in [0.05, 0.1) is 13.2 Å². The first-order valence-electron chi connectivity index (χ1n) is 11.4. The molecule has 4 rings (SSSR count). The quantitative estimate of drug-likeness (QED) is 0.695. The second-order valence-electron chi connectivity index (χ2n) is 8.48. The minimum Gasteiger partial charge on any atom is -0.439 e. The van der Waals surface area contributed by atoms with Crippen LogP contribution in [0, 0.1) is 6.92 Å². The summed E-state index contributed by atoms with van der Waals surface area (Å²) in [6.45, 7) is 6.99. The number of urea groups is 1. The van der Waals surface area contributed by atoms with E-state index >= 15 is 0 Å². The highest BCUT2D eigenvalue weighted by molar-refractivity contribution is 5.94. The average molecular weight is 454 g/mol. The highest BCUT2D eigenvalue weighted by Gasteiger charge is 2.21. The Hall–Kier alpha value is -3.17. The van der Waals surface area contributed by atoms with Gasteiger partial charge in [0.2, 0.25) is 5.88 Å². The number of benzene rings is 1. The number of rotatable bonds is 6. The number of aryl methyl sites for hydroxylation is 1. The van der Waals surface area contributed by atoms with E-state index in [1.54, 1.807) is 29.2 Å². The zero-order valence-electron chi connectivity index (χ0n) is 19.0. The highest BCUT2D eigenvalue weighted by atomic mass is 16.5. The number of nitrogens with two attached hydrogens (primary N) is 1. The van der Waals surface area contributed by atoms with E-state index in [1.807, 2.05) is 19.1 Å². The van der Waals surface area contributed by atoms with Crippen molar-refractivity contribution in [3.8, 4) is 11.6 Å². The van der Waals surface area contributed by atoms with Crippen LogP contribution in [0.3, 0.4) is 0 Å². The molecule has 0 bridgehead atoms. The van der Waals surface area contributed by atoms with Gasteiger partial charge in [-0.15, -0.1) is 0 Å². The number of carbonyl (C=O) groups excluding carboxylic acids is 2. The van der Waals surface area contributed by atoms with E-state index in [2.05, 4.69) is 15.2 Å². The largest absolute Gasteiger partial charge is 0.439 e. The van der Waals surface area contributed by atoms with Gasteiger partial charge in [-0.05, 0) is 49.6 Å². The maximum atomic E-state index is 12.6. The zero-order valence-corrected chi connectivity index (χ0v) is 19.0. The summed E-state index contributed by atoms with van der Waals surface area (Å²) < 4.78 is 11.2. The van der Waals surface area contributed by atoms with Crippen LogP contribution in [-0.4, -0.2) is 72.2 Å². The van der Waals surface area contributed by atoms with Gasteiger partial charge >= 0.3 is 6.03 Å². The molecular formula is C24H31N5O4. The van der Waals surface area contributed by atoms with Gasteiger partial charge in [-0.2, -0.15) is 0 Å². The summed E-state index contributed by atoms with van der Waals surface area (Å²) in [5, 5.41) is 2.79. The van der Waals surface area contributed by atoms with E-state index in [1.165, 1.54) is 0 Å². The van der Waals surface area contributed by atoms with E-state index in [9.17, 15) is 9.59 Å². The molecule has 9 nitrogen and oxygen atoms in total. The Morgan fingerprint density at radius 2 is 1.79 bits per heavy atom. The Kier molecular flexibility index (Phi) is 7.41. The van der Waals surface area contributed by atoms with Crippen LogP contribution in [0.5, 0.6) is 11.6 Å². The molecule has 2 aliphatic rings. The second kappa shape index (κ2) is 10.6. The van der Waals surface area contributed by atoms with Gasteiger partial charge in [0.1, 0.15) is 5.75 Å². The number of nitrogens with one attached hydrogen (secondary N) is 1. The smallest absolute Gasteiger partial charge is 0.312 e. The molecule has 0 saturated carbocycles. The van der Waals surface area contributed by atoms with Crippen LogP contribution in [0.15, 0.2) is 36.4 Å². The Bertz CT molecular complexity index is 967. The third-order valence-corrected chi connectivity index (χ3v) is 6.12. The molecule has 1 aromatic carbocycles. The Morgan fingerprint density at radius 3 is 2.42 bits per heavy atom. The lowest BCUT2D eigenvalue weighted by Gasteiger charge is -2.32. The standard InChI is InChI=1S/C24H31N5O4/c1-17-19(16-28-10-8-20(9-11-28)27-24(25)31)4-7-22(26-17)33-21-5-2-18(3-6-21)23(30)29-12-14-32-15-13-29/h2-7,20H,8-16H2,1H3,(H3,25,27,31). The molecule has 0 radical (unpaired) electrons. The molecule has 3 heterocycles. The van der Waals surface area contributed by atoms with Crippen molar-refractivity contribution in [2.45, 2.75) is 32.4 Å². The SMILES string of the molecule is Cc1nc(Oc2ccc(C(=O)N3CCOCC3)cc2)ccc1CN1CCC(NC(N)=O)CC1. The first-order chi connectivity index (χ1) is 16.0. The fraction of sp³-hybridized carbons (Fsp3) is 0.458. The van der Waals surface area contributed by atoms with Crippen LogP contribution in [0.25, 0.3) is 0 Å². The normalized spacial score (nSPS) is 17.5. The Balaban J connectivity index is 1.31. The number of pyridine rings is 1. The minimum atomic E-state index is -0.456. The third-order valence-electron chi connectivity index (χ3n) is 6.12. The zero-order chi connectivity index (χ0) is 23.2. The number of primary amides is 1. The summed E-state index contributed by atoms with van der Waals surface area (Å²) in [6, 6.07) is 10.8. The Morgan fingerprint density at radius 1 is 1.09 bits per heavy atom. The van der Waals surface area contributed by atoms with Gasteiger partial charge in [0, 0.05) is 56.1 Å². The number of morpholine rings is 1. The summed E-state index contributed by atoms with van der Waals surface area (Å²) in [7, 11) is 0. The van der Waals surface area contributed by atoms with Crippen LogP contribution in [0.4, 0.5) is 4.79 Å². The number of aromatic nitrogens is 1. The molecule has 2 aliphatic heterocycles. The molecule has 1 aromatic heterocycles. The van der Waals surface area contributed by atoms with Crippen molar-refractivity contribution >= 4 is 11.9 Å². The number of nitrogens with zero attached hydrogens (tertiary/aromatic N) is 3. The van der Waals surface area contributed by atoms with Crippen LogP contribution >= 0.6 is 0 Å². The molecule has 0 atom stereocenters. The molecule has 0 spiro atoms. The third kappa shape index (κ3) is 6.21. The van der Waals surface area contributed by atoms with Gasteiger partial charge in [0.25, 0.3) is 5.91 Å². The number of hydrogen-bond acceptors (Lipinski definition) is 6. The van der Waals surface area contributed by atoms with E-state index in [0.29, 0.717) is 43.5 Å². The van der Waals surface area contributed by atoms with Crippen LogP contribution in [0.2, 0.25) is 0 Å². The van der Waals surface area contributed by atoms with Crippen molar-refractivity contribution in [2.24, 2.45) is 5.73 Å². The number of piperidine rings is 1. The predicted octanol–water partition coefficient (Wildman–Crippen LogP) is 2.29. The lowest BCUT2D eigenvalue weighted by molar-refractivity contribution is 0.0303. The van der Waals surface area contributed by atoms with Crippen LogP contribution in [0.1, 0.15) is 34.5 Å². The molecule has 3 N–H and O–H groups in total. The first-order valence-corrected chi connectivity index (χ1v) is 11.4. The molecule has 2 saturated heterocycles. The maximum Gasteiger partial charge on any atom is 0.312 e. The van der Waals surface area contributed by atoms with E-state index in [0.717, 1.165) is 43.7 Å². The summed E-state index contributed by atoms with van der Waals surface area (Å²) in [5.41, 5.74) is 7.92. The lowest BCUT2D eigenvalue weighted by atomic mass is 10.0. The Labute approximate surface area is 193 Å². The van der Waals surface area contributed by atoms with E-state index in [4.69, 9.17) is 15.2 Å². The molecule has 9 heteroatoms. The van der Waals surface area contributed by atoms with Crippen molar-refractivity contribution in [1.82, 2.24) is 20.1 Å². The molecule has 33 heavy (non-hydrogen) atoms. The molecule has 3 amide bonds. The number of carbonyl (C=O) groups is 2. The number of likely N-dealkylation sites (tertiary alicyclic amines) is 1. The van der Waals surface area contributed by atoms with Gasteiger partial charge in [-0.1, -0.05) is 6.07 Å². The molecule has 0 unspecified atom stereocenters. The van der Waals surface area contributed by atoms with Gasteiger partial charge in [0.15, 0.2) is 0 Å². The minimum absolute atomic E-state index is 0.0117. The fourth-order valence-electron chi connectivity index (χ4n) is 4.20. The highest BCUT2D eigenvalue weighted by Crippen LogP contribution is 2.23. The monoisotopic (exact) mass is 453 g/mol. The number of hydrogen-bond donors (Lipinski definition) is 2. The lowest BCUT2D eigenvalue weighted by Crippen LogP contribution is -2.46. The maximum absolute atomic E-state index is 12.6. The summed E-state index contributed by atoms with van der Waals surface area (Å²) in [4.78, 5) is 32.4. The van der Waals surface area contributed by atoms with Crippen LogP contribution < -0.4 is 15.8 Å². The predicted molar refractivity (Wildman–Crippen MR) is 123 cm³/mol. The van der Waals surface area contributed by atoms with Crippen molar-refractivity contribution in [2.75, 3.05) is 39.4 Å². The van der Waals surface area contributed by atoms with Gasteiger partial charge < -0.3 is 25.4 Å². The first kappa shape index (κ1) is 23.0.